The lowest BCUT2D eigenvalue weighted by Gasteiger charge is -2.31. The summed E-state index contributed by atoms with van der Waals surface area (Å²) in [6.45, 7) is 0. The summed E-state index contributed by atoms with van der Waals surface area (Å²) < 4.78 is 0. The van der Waals surface area contributed by atoms with E-state index < -0.39 is 0 Å². The third kappa shape index (κ3) is 2.67. The van der Waals surface area contributed by atoms with Gasteiger partial charge < -0.3 is 4.90 Å². The summed E-state index contributed by atoms with van der Waals surface area (Å²) >= 11 is 0. The molecule has 18 heavy (non-hydrogen) atoms. The lowest BCUT2D eigenvalue weighted by Crippen LogP contribution is -2.38. The Labute approximate surface area is 107 Å². The second-order valence-corrected chi connectivity index (χ2v) is 4.75. The Hall–Kier alpha value is -1.89. The number of aromatic nitrogens is 1. The van der Waals surface area contributed by atoms with Crippen LogP contribution in [0.5, 0.6) is 0 Å². The van der Waals surface area contributed by atoms with Gasteiger partial charge in [-0.25, -0.2) is 4.98 Å². The van der Waals surface area contributed by atoms with Gasteiger partial charge in [0.05, 0.1) is 5.56 Å². The van der Waals surface area contributed by atoms with Gasteiger partial charge in [-0.05, 0) is 25.0 Å². The minimum absolute atomic E-state index is 0.00103. The van der Waals surface area contributed by atoms with Gasteiger partial charge in [0.2, 0.25) is 0 Å². The molecule has 0 N–H and O–H groups in total. The van der Waals surface area contributed by atoms with Crippen molar-refractivity contribution in [3.63, 3.8) is 0 Å². The number of carbonyl (C=O) groups is 1. The zero-order valence-corrected chi connectivity index (χ0v) is 10.6. The summed E-state index contributed by atoms with van der Waals surface area (Å²) in [6.07, 6.45) is 7.34. The number of carbonyl (C=O) groups excluding carboxylic acids is 1. The van der Waals surface area contributed by atoms with Crippen LogP contribution in [0.15, 0.2) is 18.3 Å². The highest BCUT2D eigenvalue weighted by Gasteiger charge is 2.22. The molecule has 4 nitrogen and oxygen atoms in total. The number of pyridine rings is 1. The Morgan fingerprint density at radius 3 is 2.67 bits per heavy atom. The van der Waals surface area contributed by atoms with Gasteiger partial charge in [-0.15, -0.1) is 0 Å². The minimum Gasteiger partial charge on any atom is -0.339 e. The zero-order chi connectivity index (χ0) is 13.0. The fourth-order valence-electron chi connectivity index (χ4n) is 2.42. The normalized spacial score (nSPS) is 16.0. The van der Waals surface area contributed by atoms with Crippen molar-refractivity contribution in [2.45, 2.75) is 38.1 Å². The molecule has 0 aliphatic heterocycles. The number of hydrogen-bond acceptors (Lipinski definition) is 3. The molecule has 1 fully saturated rings. The monoisotopic (exact) mass is 243 g/mol. The molecule has 4 heteroatoms. The van der Waals surface area contributed by atoms with Crippen molar-refractivity contribution >= 4 is 5.91 Å². The van der Waals surface area contributed by atoms with Gasteiger partial charge in [0.25, 0.3) is 5.91 Å². The van der Waals surface area contributed by atoms with E-state index in [0.717, 1.165) is 12.8 Å². The van der Waals surface area contributed by atoms with Crippen LogP contribution in [-0.2, 0) is 0 Å². The Bertz CT molecular complexity index is 455. The molecule has 1 aromatic heterocycles. The van der Waals surface area contributed by atoms with Gasteiger partial charge in [-0.2, -0.15) is 5.26 Å². The van der Waals surface area contributed by atoms with E-state index in [0.29, 0.717) is 17.3 Å². The van der Waals surface area contributed by atoms with Crippen LogP contribution in [0.4, 0.5) is 0 Å². The Morgan fingerprint density at radius 2 is 2.11 bits per heavy atom. The number of amides is 1. The first-order chi connectivity index (χ1) is 8.72. The van der Waals surface area contributed by atoms with E-state index in [2.05, 4.69) is 4.98 Å². The van der Waals surface area contributed by atoms with Gasteiger partial charge in [0.15, 0.2) is 0 Å². The van der Waals surface area contributed by atoms with Gasteiger partial charge in [0.1, 0.15) is 11.8 Å². The molecule has 0 atom stereocenters. The van der Waals surface area contributed by atoms with Crippen molar-refractivity contribution in [3.05, 3.63) is 29.6 Å². The maximum Gasteiger partial charge on any atom is 0.255 e. The topological polar surface area (TPSA) is 57.0 Å². The Morgan fingerprint density at radius 1 is 1.39 bits per heavy atom. The van der Waals surface area contributed by atoms with Gasteiger partial charge >= 0.3 is 0 Å². The molecule has 1 aliphatic carbocycles. The summed E-state index contributed by atoms with van der Waals surface area (Å²) in [7, 11) is 1.86. The van der Waals surface area contributed by atoms with Crippen LogP contribution >= 0.6 is 0 Å². The van der Waals surface area contributed by atoms with Crippen molar-refractivity contribution in [1.82, 2.24) is 9.88 Å². The second-order valence-electron chi connectivity index (χ2n) is 4.75. The summed E-state index contributed by atoms with van der Waals surface area (Å²) in [6, 6.07) is 5.56. The maximum absolute atomic E-state index is 12.2. The standard InChI is InChI=1S/C14H17N3O/c1-17(13-5-3-2-4-6-13)14(18)11-7-8-12(9-15)16-10-11/h7-8,10,13H,2-6H2,1H3. The fraction of sp³-hybridized carbons (Fsp3) is 0.500. The SMILES string of the molecule is CN(C(=O)c1ccc(C#N)nc1)C1CCCCC1. The van der Waals surface area contributed by atoms with Crippen LogP contribution < -0.4 is 0 Å². The Kier molecular flexibility index (Phi) is 3.93. The first kappa shape index (κ1) is 12.6. The van der Waals surface area contributed by atoms with Crippen molar-refractivity contribution in [2.24, 2.45) is 0 Å². The van der Waals surface area contributed by atoms with E-state index in [1.165, 1.54) is 25.5 Å². The van der Waals surface area contributed by atoms with Crippen LogP contribution in [0.1, 0.15) is 48.2 Å². The van der Waals surface area contributed by atoms with Crippen molar-refractivity contribution in [3.8, 4) is 6.07 Å². The van der Waals surface area contributed by atoms with Crippen LogP contribution in [0.25, 0.3) is 0 Å². The third-order valence-corrected chi connectivity index (χ3v) is 3.57. The second kappa shape index (κ2) is 5.63. The molecule has 1 aliphatic rings. The lowest BCUT2D eigenvalue weighted by molar-refractivity contribution is 0.0696. The van der Waals surface area contributed by atoms with Crippen LogP contribution in [0.3, 0.4) is 0 Å². The Balaban J connectivity index is 2.07. The van der Waals surface area contributed by atoms with Crippen LogP contribution in [-0.4, -0.2) is 28.9 Å². The van der Waals surface area contributed by atoms with Crippen molar-refractivity contribution < 1.29 is 4.79 Å². The number of nitriles is 1. The first-order valence-electron chi connectivity index (χ1n) is 6.35. The van der Waals surface area contributed by atoms with Gasteiger partial charge in [-0.1, -0.05) is 19.3 Å². The fourth-order valence-corrected chi connectivity index (χ4v) is 2.42. The predicted molar refractivity (Wildman–Crippen MR) is 67.9 cm³/mol. The molecular formula is C14H17N3O. The maximum atomic E-state index is 12.2. The molecule has 1 heterocycles. The highest BCUT2D eigenvalue weighted by Crippen LogP contribution is 2.22. The molecule has 0 unspecified atom stereocenters. The van der Waals surface area contributed by atoms with E-state index in [9.17, 15) is 4.79 Å². The smallest absolute Gasteiger partial charge is 0.255 e. The van der Waals surface area contributed by atoms with E-state index in [4.69, 9.17) is 5.26 Å². The number of nitrogens with zero attached hydrogens (tertiary/aromatic N) is 3. The van der Waals surface area contributed by atoms with Gasteiger partial charge in [0, 0.05) is 19.3 Å². The molecule has 1 saturated carbocycles. The quantitative estimate of drug-likeness (QED) is 0.801. The molecule has 0 radical (unpaired) electrons. The minimum atomic E-state index is -0.00103. The third-order valence-electron chi connectivity index (χ3n) is 3.57. The van der Waals surface area contributed by atoms with Gasteiger partial charge in [-0.3, -0.25) is 4.79 Å². The summed E-state index contributed by atoms with van der Waals surface area (Å²) in [4.78, 5) is 18.0. The highest BCUT2D eigenvalue weighted by atomic mass is 16.2. The molecule has 1 aromatic rings. The molecule has 94 valence electrons. The van der Waals surface area contributed by atoms with Crippen molar-refractivity contribution in [1.29, 1.82) is 5.26 Å². The molecule has 0 bridgehead atoms. The van der Waals surface area contributed by atoms with E-state index in [1.807, 2.05) is 18.0 Å². The predicted octanol–water partition coefficient (Wildman–Crippen LogP) is 2.36. The average molecular weight is 243 g/mol. The van der Waals surface area contributed by atoms with E-state index >= 15 is 0 Å². The largest absolute Gasteiger partial charge is 0.339 e. The zero-order valence-electron chi connectivity index (χ0n) is 10.6. The highest BCUT2D eigenvalue weighted by molar-refractivity contribution is 5.94. The van der Waals surface area contributed by atoms with E-state index in [1.54, 1.807) is 12.1 Å². The molecule has 1 amide bonds. The summed E-state index contributed by atoms with van der Waals surface area (Å²) in [5.74, 6) is -0.00103. The molecule has 0 aromatic carbocycles. The van der Waals surface area contributed by atoms with Crippen LogP contribution in [0, 0.1) is 11.3 Å². The average Bonchev–Trinajstić information content (AvgIpc) is 2.47. The lowest BCUT2D eigenvalue weighted by atomic mass is 9.94. The van der Waals surface area contributed by atoms with Crippen molar-refractivity contribution in [2.75, 3.05) is 7.05 Å². The summed E-state index contributed by atoms with van der Waals surface area (Å²) in [5, 5.41) is 8.67. The molecule has 0 saturated heterocycles. The molecule has 2 rings (SSSR count). The molecule has 0 spiro atoms. The molecular weight excluding hydrogens is 226 g/mol. The number of rotatable bonds is 2. The summed E-state index contributed by atoms with van der Waals surface area (Å²) in [5.41, 5.74) is 0.897. The van der Waals surface area contributed by atoms with Crippen LogP contribution in [0.2, 0.25) is 0 Å². The van der Waals surface area contributed by atoms with E-state index in [-0.39, 0.29) is 5.91 Å². The number of hydrogen-bond donors (Lipinski definition) is 0. The first-order valence-corrected chi connectivity index (χ1v) is 6.35.